The molecule has 2 aliphatic rings. The number of hydrogen-bond acceptors (Lipinski definition) is 5. The van der Waals surface area contributed by atoms with Gasteiger partial charge in [0, 0.05) is 19.3 Å². The second kappa shape index (κ2) is 9.23. The van der Waals surface area contributed by atoms with Crippen LogP contribution in [0, 0.1) is 5.92 Å². The molecule has 0 amide bonds. The molecule has 134 valence electrons. The van der Waals surface area contributed by atoms with Gasteiger partial charge in [-0.2, -0.15) is 0 Å². The van der Waals surface area contributed by atoms with Gasteiger partial charge in [0.25, 0.3) is 5.88 Å². The highest BCUT2D eigenvalue weighted by molar-refractivity contribution is 5.32. The Bertz CT molecular complexity index is 485. The van der Waals surface area contributed by atoms with Crippen molar-refractivity contribution in [3.05, 3.63) is 18.3 Å². The van der Waals surface area contributed by atoms with E-state index in [-0.39, 0.29) is 12.2 Å². The lowest BCUT2D eigenvalue weighted by Gasteiger charge is -2.34. The van der Waals surface area contributed by atoms with E-state index in [2.05, 4.69) is 10.3 Å². The predicted octanol–water partition coefficient (Wildman–Crippen LogP) is 3.19. The average molecular weight is 334 g/mol. The van der Waals surface area contributed by atoms with Crippen molar-refractivity contribution in [3.63, 3.8) is 0 Å². The molecule has 2 atom stereocenters. The molecule has 3 rings (SSSR count). The summed E-state index contributed by atoms with van der Waals surface area (Å²) in [6.45, 7) is 5.07. The van der Waals surface area contributed by atoms with Crippen LogP contribution in [0.4, 0.5) is 0 Å². The van der Waals surface area contributed by atoms with Crippen LogP contribution in [0.5, 0.6) is 11.6 Å². The van der Waals surface area contributed by atoms with Crippen molar-refractivity contribution in [2.24, 2.45) is 5.92 Å². The molecule has 0 radical (unpaired) electrons. The van der Waals surface area contributed by atoms with Crippen molar-refractivity contribution in [1.82, 2.24) is 10.3 Å². The molecule has 0 spiro atoms. The zero-order chi connectivity index (χ0) is 16.6. The molecule has 0 aromatic carbocycles. The Labute approximate surface area is 145 Å². The molecule has 1 N–H and O–H groups in total. The molecule has 2 heterocycles. The van der Waals surface area contributed by atoms with Crippen molar-refractivity contribution in [2.75, 3.05) is 26.3 Å². The van der Waals surface area contributed by atoms with E-state index >= 15 is 0 Å². The predicted molar refractivity (Wildman–Crippen MR) is 93.6 cm³/mol. The molecule has 0 unspecified atom stereocenters. The SMILES string of the molecule is CCOc1ncccc1O[C@@H](CC1CCCCC1)[C@@H]1CNCCO1. The Hall–Kier alpha value is -1.33. The molecule has 0 bridgehead atoms. The first-order chi connectivity index (χ1) is 11.9. The zero-order valence-electron chi connectivity index (χ0n) is 14.7. The lowest BCUT2D eigenvalue weighted by atomic mass is 9.84. The van der Waals surface area contributed by atoms with Gasteiger partial charge in [-0.15, -0.1) is 0 Å². The fraction of sp³-hybridized carbons (Fsp3) is 0.737. The fourth-order valence-corrected chi connectivity index (χ4v) is 3.73. The highest BCUT2D eigenvalue weighted by atomic mass is 16.6. The van der Waals surface area contributed by atoms with Crippen LogP contribution < -0.4 is 14.8 Å². The molecular weight excluding hydrogens is 304 g/mol. The minimum absolute atomic E-state index is 0.0457. The van der Waals surface area contributed by atoms with Crippen LogP contribution in [0.1, 0.15) is 45.4 Å². The van der Waals surface area contributed by atoms with Crippen molar-refractivity contribution >= 4 is 0 Å². The number of nitrogens with zero attached hydrogens (tertiary/aromatic N) is 1. The van der Waals surface area contributed by atoms with E-state index in [4.69, 9.17) is 14.2 Å². The van der Waals surface area contributed by atoms with Crippen LogP contribution >= 0.6 is 0 Å². The Morgan fingerprint density at radius 3 is 2.96 bits per heavy atom. The maximum absolute atomic E-state index is 6.39. The van der Waals surface area contributed by atoms with E-state index in [1.807, 2.05) is 19.1 Å². The lowest BCUT2D eigenvalue weighted by molar-refractivity contribution is -0.0517. The second-order valence-electron chi connectivity index (χ2n) is 6.75. The molecule has 1 aliphatic carbocycles. The number of pyridine rings is 1. The van der Waals surface area contributed by atoms with Crippen LogP contribution in [0.25, 0.3) is 0 Å². The maximum Gasteiger partial charge on any atom is 0.256 e. The summed E-state index contributed by atoms with van der Waals surface area (Å²) in [5.74, 6) is 2.05. The molecule has 1 aromatic heterocycles. The number of ether oxygens (including phenoxy) is 3. The van der Waals surface area contributed by atoms with Gasteiger partial charge in [0.1, 0.15) is 12.2 Å². The van der Waals surface area contributed by atoms with Gasteiger partial charge in [-0.1, -0.05) is 32.1 Å². The van der Waals surface area contributed by atoms with Gasteiger partial charge in [0.05, 0.1) is 13.2 Å². The Balaban J connectivity index is 1.70. The summed E-state index contributed by atoms with van der Waals surface area (Å²) in [5, 5.41) is 3.43. The Morgan fingerprint density at radius 2 is 2.21 bits per heavy atom. The molecule has 1 aliphatic heterocycles. The van der Waals surface area contributed by atoms with E-state index in [0.29, 0.717) is 12.5 Å². The third kappa shape index (κ3) is 4.84. The van der Waals surface area contributed by atoms with Crippen LogP contribution in [0.2, 0.25) is 0 Å². The van der Waals surface area contributed by atoms with E-state index in [1.54, 1.807) is 6.20 Å². The van der Waals surface area contributed by atoms with E-state index in [1.165, 1.54) is 32.1 Å². The lowest BCUT2D eigenvalue weighted by Crippen LogP contribution is -2.48. The highest BCUT2D eigenvalue weighted by Gasteiger charge is 2.30. The van der Waals surface area contributed by atoms with Gasteiger partial charge in [-0.3, -0.25) is 0 Å². The zero-order valence-corrected chi connectivity index (χ0v) is 14.7. The number of morpholine rings is 1. The first-order valence-electron chi connectivity index (χ1n) is 9.43. The quantitative estimate of drug-likeness (QED) is 0.830. The molecule has 5 heteroatoms. The van der Waals surface area contributed by atoms with Crippen molar-refractivity contribution in [2.45, 2.75) is 57.7 Å². The van der Waals surface area contributed by atoms with Gasteiger partial charge in [0.2, 0.25) is 0 Å². The second-order valence-corrected chi connectivity index (χ2v) is 6.75. The van der Waals surface area contributed by atoms with Crippen LogP contribution in [0.15, 0.2) is 18.3 Å². The Kier molecular flexibility index (Phi) is 6.73. The summed E-state index contributed by atoms with van der Waals surface area (Å²) >= 11 is 0. The van der Waals surface area contributed by atoms with Gasteiger partial charge >= 0.3 is 0 Å². The van der Waals surface area contributed by atoms with Gasteiger partial charge in [-0.05, 0) is 31.4 Å². The molecule has 1 saturated carbocycles. The maximum atomic E-state index is 6.39. The van der Waals surface area contributed by atoms with Gasteiger partial charge in [0.15, 0.2) is 5.75 Å². The smallest absolute Gasteiger partial charge is 0.256 e. The number of rotatable bonds is 7. The summed E-state index contributed by atoms with van der Waals surface area (Å²) in [6, 6.07) is 3.84. The third-order valence-corrected chi connectivity index (χ3v) is 4.96. The first-order valence-corrected chi connectivity index (χ1v) is 9.43. The van der Waals surface area contributed by atoms with Crippen molar-refractivity contribution < 1.29 is 14.2 Å². The fourth-order valence-electron chi connectivity index (χ4n) is 3.73. The third-order valence-electron chi connectivity index (χ3n) is 4.96. The van der Waals surface area contributed by atoms with Crippen molar-refractivity contribution in [1.29, 1.82) is 0 Å². The van der Waals surface area contributed by atoms with E-state index in [0.717, 1.165) is 37.8 Å². The number of nitrogens with one attached hydrogen (secondary N) is 1. The average Bonchev–Trinajstić information content (AvgIpc) is 2.64. The summed E-state index contributed by atoms with van der Waals surface area (Å²) in [4.78, 5) is 4.31. The standard InChI is InChI=1S/C19H30N2O3/c1-2-22-19-16(9-6-10-21-19)24-17(18-14-20-11-12-23-18)13-15-7-4-3-5-8-15/h6,9-10,15,17-18,20H,2-5,7-8,11-14H2,1H3/t17-,18-/m0/s1. The van der Waals surface area contributed by atoms with Crippen LogP contribution in [-0.4, -0.2) is 43.5 Å². The van der Waals surface area contributed by atoms with Crippen LogP contribution in [-0.2, 0) is 4.74 Å². The van der Waals surface area contributed by atoms with Gasteiger partial charge < -0.3 is 19.5 Å². The van der Waals surface area contributed by atoms with Crippen molar-refractivity contribution in [3.8, 4) is 11.6 Å². The summed E-state index contributed by atoms with van der Waals surface area (Å²) in [6.07, 6.45) is 9.62. The topological polar surface area (TPSA) is 52.6 Å². The van der Waals surface area contributed by atoms with Gasteiger partial charge in [-0.25, -0.2) is 4.98 Å². The minimum atomic E-state index is 0.0457. The van der Waals surface area contributed by atoms with E-state index < -0.39 is 0 Å². The monoisotopic (exact) mass is 334 g/mol. The normalized spacial score (nSPS) is 23.6. The molecular formula is C19H30N2O3. The first kappa shape index (κ1) is 17.5. The van der Waals surface area contributed by atoms with Crippen LogP contribution in [0.3, 0.4) is 0 Å². The number of aromatic nitrogens is 1. The molecule has 1 aromatic rings. The number of hydrogen-bond donors (Lipinski definition) is 1. The minimum Gasteiger partial charge on any atom is -0.482 e. The molecule has 24 heavy (non-hydrogen) atoms. The Morgan fingerprint density at radius 1 is 1.33 bits per heavy atom. The summed E-state index contributed by atoms with van der Waals surface area (Å²) in [5.41, 5.74) is 0. The van der Waals surface area contributed by atoms with E-state index in [9.17, 15) is 0 Å². The summed E-state index contributed by atoms with van der Waals surface area (Å²) < 4.78 is 18.0. The summed E-state index contributed by atoms with van der Waals surface area (Å²) in [7, 11) is 0. The highest BCUT2D eigenvalue weighted by Crippen LogP contribution is 2.32. The molecule has 5 nitrogen and oxygen atoms in total. The largest absolute Gasteiger partial charge is 0.482 e. The molecule has 2 fully saturated rings. The molecule has 1 saturated heterocycles.